The summed E-state index contributed by atoms with van der Waals surface area (Å²) in [5.41, 5.74) is 0. The van der Waals surface area contributed by atoms with Crippen LogP contribution in [0.1, 0.15) is 219 Å². The van der Waals surface area contributed by atoms with E-state index in [0.717, 1.165) is 0 Å². The number of unbranched alkanes of at least 4 members (excludes halogenated alkanes) is 21. The highest BCUT2D eigenvalue weighted by atomic mass is 15.1. The fourth-order valence-electron chi connectivity index (χ4n) is 6.18. The average Bonchev–Trinajstić information content (AvgIpc) is 3.42. The van der Waals surface area contributed by atoms with Gasteiger partial charge in [-0.1, -0.05) is 175 Å². The van der Waals surface area contributed by atoms with Crippen LogP contribution >= 0.6 is 0 Å². The fourth-order valence-corrected chi connectivity index (χ4v) is 6.18. The van der Waals surface area contributed by atoms with Crippen molar-refractivity contribution in [1.82, 2.24) is 9.55 Å². The minimum Gasteiger partial charge on any atom is -0.332 e. The van der Waals surface area contributed by atoms with Gasteiger partial charge in [-0.25, -0.2) is 4.98 Å². The minimum absolute atomic E-state index is 0.590. The Hall–Kier alpha value is -0.790. The van der Waals surface area contributed by atoms with Crippen LogP contribution in [0.3, 0.4) is 0 Å². The van der Waals surface area contributed by atoms with E-state index in [9.17, 15) is 0 Å². The van der Waals surface area contributed by atoms with Crippen molar-refractivity contribution in [3.63, 3.8) is 0 Å². The normalized spacial score (nSPS) is 13.3. The van der Waals surface area contributed by atoms with E-state index in [0.29, 0.717) is 12.0 Å². The number of aromatic nitrogens is 2. The van der Waals surface area contributed by atoms with Crippen LogP contribution in [0.4, 0.5) is 0 Å². The highest BCUT2D eigenvalue weighted by molar-refractivity contribution is 5.02. The third kappa shape index (κ3) is 18.5. The second-order valence-corrected chi connectivity index (χ2v) is 12.5. The van der Waals surface area contributed by atoms with Crippen LogP contribution < -0.4 is 0 Å². The Morgan fingerprint density at radius 3 is 1.24 bits per heavy atom. The molecule has 0 aliphatic heterocycles. The first-order valence-corrected chi connectivity index (χ1v) is 17.8. The number of nitrogens with zero attached hydrogens (tertiary/aromatic N) is 2. The van der Waals surface area contributed by atoms with E-state index < -0.39 is 0 Å². The quantitative estimate of drug-likeness (QED) is 0.0941. The Morgan fingerprint density at radius 2 is 0.842 bits per heavy atom. The Labute approximate surface area is 240 Å². The van der Waals surface area contributed by atoms with E-state index in [-0.39, 0.29) is 0 Å². The van der Waals surface area contributed by atoms with Crippen molar-refractivity contribution in [2.24, 2.45) is 0 Å². The summed E-state index contributed by atoms with van der Waals surface area (Å²) in [4.78, 5) is 4.98. The molecule has 0 amide bonds. The summed E-state index contributed by atoms with van der Waals surface area (Å²) in [5, 5.41) is 0. The van der Waals surface area contributed by atoms with Gasteiger partial charge in [0.15, 0.2) is 0 Å². The molecule has 0 radical (unpaired) electrons. The first-order valence-electron chi connectivity index (χ1n) is 17.8. The zero-order chi connectivity index (χ0) is 27.5. The maximum absolute atomic E-state index is 4.98. The van der Waals surface area contributed by atoms with Gasteiger partial charge >= 0.3 is 0 Å². The molecule has 0 spiro atoms. The third-order valence-corrected chi connectivity index (χ3v) is 8.83. The van der Waals surface area contributed by atoms with Crippen LogP contribution in [-0.4, -0.2) is 9.55 Å². The topological polar surface area (TPSA) is 17.8 Å². The Morgan fingerprint density at radius 1 is 0.500 bits per heavy atom. The van der Waals surface area contributed by atoms with Gasteiger partial charge in [0, 0.05) is 24.4 Å². The van der Waals surface area contributed by atoms with E-state index >= 15 is 0 Å². The van der Waals surface area contributed by atoms with E-state index in [1.807, 2.05) is 0 Å². The summed E-state index contributed by atoms with van der Waals surface area (Å²) < 4.78 is 2.57. The van der Waals surface area contributed by atoms with Crippen molar-refractivity contribution in [3.05, 3.63) is 18.2 Å². The lowest BCUT2D eigenvalue weighted by molar-refractivity contribution is 0.412. The molecule has 0 fully saturated rings. The number of rotatable bonds is 29. The fraction of sp³-hybridized carbons (Fsp3) is 0.917. The molecule has 0 bridgehead atoms. The highest BCUT2D eigenvalue weighted by Gasteiger charge is 2.19. The van der Waals surface area contributed by atoms with Crippen molar-refractivity contribution in [3.8, 4) is 0 Å². The Kier molecular flexibility index (Phi) is 24.5. The second kappa shape index (κ2) is 26.4. The van der Waals surface area contributed by atoms with E-state index in [1.165, 1.54) is 179 Å². The van der Waals surface area contributed by atoms with Gasteiger partial charge in [-0.15, -0.1) is 0 Å². The van der Waals surface area contributed by atoms with Gasteiger partial charge in [-0.05, 0) is 26.2 Å². The van der Waals surface area contributed by atoms with E-state index in [1.54, 1.807) is 0 Å². The molecule has 1 aromatic rings. The van der Waals surface area contributed by atoms with Gasteiger partial charge in [0.1, 0.15) is 5.82 Å². The average molecular weight is 531 g/mol. The molecule has 2 atom stereocenters. The predicted molar refractivity (Wildman–Crippen MR) is 171 cm³/mol. The van der Waals surface area contributed by atoms with Gasteiger partial charge in [0.05, 0.1) is 0 Å². The summed E-state index contributed by atoms with van der Waals surface area (Å²) in [6.07, 6.45) is 42.3. The van der Waals surface area contributed by atoms with Crippen LogP contribution in [0.15, 0.2) is 12.4 Å². The van der Waals surface area contributed by atoms with Gasteiger partial charge in [0.25, 0.3) is 0 Å². The van der Waals surface area contributed by atoms with Crippen molar-refractivity contribution >= 4 is 0 Å². The van der Waals surface area contributed by atoms with Gasteiger partial charge in [-0.3, -0.25) is 0 Å². The van der Waals surface area contributed by atoms with Crippen LogP contribution in [0.2, 0.25) is 0 Å². The van der Waals surface area contributed by atoms with Crippen molar-refractivity contribution in [2.45, 2.75) is 213 Å². The van der Waals surface area contributed by atoms with Crippen LogP contribution in [0, 0.1) is 0 Å². The molecule has 38 heavy (non-hydrogen) atoms. The molecular weight excluding hydrogens is 460 g/mol. The molecule has 0 saturated heterocycles. The first kappa shape index (κ1) is 35.2. The highest BCUT2D eigenvalue weighted by Crippen LogP contribution is 2.30. The molecule has 0 aromatic carbocycles. The maximum atomic E-state index is 4.98. The van der Waals surface area contributed by atoms with E-state index in [2.05, 4.69) is 44.7 Å². The minimum atomic E-state index is 0.590. The molecule has 2 nitrogen and oxygen atoms in total. The number of hydrogen-bond donors (Lipinski definition) is 0. The lowest BCUT2D eigenvalue weighted by Gasteiger charge is -2.22. The summed E-state index contributed by atoms with van der Waals surface area (Å²) in [6, 6.07) is 0.590. The monoisotopic (exact) mass is 531 g/mol. The number of imidazole rings is 1. The zero-order valence-electron chi connectivity index (χ0n) is 26.8. The molecule has 0 aliphatic rings. The summed E-state index contributed by atoms with van der Waals surface area (Å²) >= 11 is 0. The lowest BCUT2D eigenvalue weighted by atomic mass is 9.92. The molecule has 1 rings (SSSR count). The molecule has 1 heterocycles. The first-order chi connectivity index (χ1) is 18.7. The summed E-state index contributed by atoms with van der Waals surface area (Å²) in [6.45, 7) is 9.37. The number of hydrogen-bond acceptors (Lipinski definition) is 1. The third-order valence-electron chi connectivity index (χ3n) is 8.83. The van der Waals surface area contributed by atoms with Crippen molar-refractivity contribution in [1.29, 1.82) is 0 Å². The van der Waals surface area contributed by atoms with Crippen molar-refractivity contribution < 1.29 is 0 Å². The second-order valence-electron chi connectivity index (χ2n) is 12.5. The standard InChI is InChI=1S/C36H70N2/c1-5-8-11-14-17-19-21-23-26-29-34(4)38-33-32-37-36(38)35(30-27-24-20-16-13-10-7-3)31-28-25-22-18-15-12-9-6-2/h32-35H,5-31H2,1-4H3. The molecule has 0 N–H and O–H groups in total. The smallest absolute Gasteiger partial charge is 0.111 e. The molecule has 224 valence electrons. The Bertz CT molecular complexity index is 592. The Balaban J connectivity index is 2.46. The molecule has 0 aliphatic carbocycles. The molecule has 0 saturated carbocycles. The maximum Gasteiger partial charge on any atom is 0.111 e. The summed E-state index contributed by atoms with van der Waals surface area (Å²) in [7, 11) is 0. The van der Waals surface area contributed by atoms with Gasteiger partial charge in [0.2, 0.25) is 0 Å². The van der Waals surface area contributed by atoms with E-state index in [4.69, 9.17) is 4.98 Å². The van der Waals surface area contributed by atoms with Crippen LogP contribution in [0.5, 0.6) is 0 Å². The summed E-state index contributed by atoms with van der Waals surface area (Å²) in [5.74, 6) is 2.06. The molecular formula is C36H70N2. The molecule has 2 unspecified atom stereocenters. The van der Waals surface area contributed by atoms with Crippen LogP contribution in [0.25, 0.3) is 0 Å². The van der Waals surface area contributed by atoms with Gasteiger partial charge < -0.3 is 4.57 Å². The largest absolute Gasteiger partial charge is 0.332 e. The predicted octanol–water partition coefficient (Wildman–Crippen LogP) is 13.1. The molecule has 2 heteroatoms. The molecule has 1 aromatic heterocycles. The lowest BCUT2D eigenvalue weighted by Crippen LogP contribution is -2.13. The van der Waals surface area contributed by atoms with Gasteiger partial charge in [-0.2, -0.15) is 0 Å². The van der Waals surface area contributed by atoms with Crippen molar-refractivity contribution in [2.75, 3.05) is 0 Å². The SMILES string of the molecule is CCCCCCCCCCCC(C)n1ccnc1C(CCCCCCCCC)CCCCCCCCCC. The zero-order valence-corrected chi connectivity index (χ0v) is 26.8. The van der Waals surface area contributed by atoms with Crippen LogP contribution in [-0.2, 0) is 0 Å².